The van der Waals surface area contributed by atoms with E-state index in [4.69, 9.17) is 0 Å². The van der Waals surface area contributed by atoms with E-state index in [-0.39, 0.29) is 5.91 Å². The molecule has 0 saturated heterocycles. The highest BCUT2D eigenvalue weighted by molar-refractivity contribution is 5.94. The van der Waals surface area contributed by atoms with E-state index in [9.17, 15) is 4.79 Å². The Balaban J connectivity index is 1.50. The van der Waals surface area contributed by atoms with Crippen LogP contribution in [-0.4, -0.2) is 37.4 Å². The standard InChI is InChI=1S/C20H23N5O/c1-23(14-15-8-10-16(11-9-15)25-13-5-12-21-25)20(26)19-17-6-3-4-7-18(17)24(2)22-19/h5,8-13H,3-4,6-7,14H2,1-2H3. The second-order valence-electron chi connectivity index (χ2n) is 6.88. The van der Waals surface area contributed by atoms with Crippen molar-refractivity contribution in [2.75, 3.05) is 7.05 Å². The minimum atomic E-state index is -0.0000900. The van der Waals surface area contributed by atoms with E-state index < -0.39 is 0 Å². The maximum absolute atomic E-state index is 12.9. The number of hydrogen-bond acceptors (Lipinski definition) is 3. The summed E-state index contributed by atoms with van der Waals surface area (Å²) in [4.78, 5) is 14.7. The van der Waals surface area contributed by atoms with Crippen molar-refractivity contribution in [1.29, 1.82) is 0 Å². The fourth-order valence-electron chi connectivity index (χ4n) is 3.65. The molecule has 1 aromatic carbocycles. The van der Waals surface area contributed by atoms with Crippen molar-refractivity contribution < 1.29 is 4.79 Å². The number of amides is 1. The molecule has 3 aromatic rings. The van der Waals surface area contributed by atoms with Crippen molar-refractivity contribution in [3.63, 3.8) is 0 Å². The first-order chi connectivity index (χ1) is 12.6. The molecule has 2 heterocycles. The van der Waals surface area contributed by atoms with E-state index in [1.165, 1.54) is 12.1 Å². The molecule has 6 heteroatoms. The van der Waals surface area contributed by atoms with E-state index in [0.29, 0.717) is 12.2 Å². The van der Waals surface area contributed by atoms with Crippen LogP contribution < -0.4 is 0 Å². The van der Waals surface area contributed by atoms with Gasteiger partial charge in [0.25, 0.3) is 5.91 Å². The third-order valence-electron chi connectivity index (χ3n) is 5.04. The minimum Gasteiger partial charge on any atom is -0.336 e. The Morgan fingerprint density at radius 1 is 1.19 bits per heavy atom. The monoisotopic (exact) mass is 349 g/mol. The lowest BCUT2D eigenvalue weighted by atomic mass is 9.95. The summed E-state index contributed by atoms with van der Waals surface area (Å²) in [6.07, 6.45) is 7.96. The number of fused-ring (bicyclic) bond motifs is 1. The highest BCUT2D eigenvalue weighted by Gasteiger charge is 2.25. The molecule has 0 radical (unpaired) electrons. The molecule has 26 heavy (non-hydrogen) atoms. The second-order valence-corrected chi connectivity index (χ2v) is 6.88. The van der Waals surface area contributed by atoms with Crippen molar-refractivity contribution in [2.24, 2.45) is 7.05 Å². The SMILES string of the molecule is CN(Cc1ccc(-n2cccn2)cc1)C(=O)c1nn(C)c2c1CCCC2. The lowest BCUT2D eigenvalue weighted by Gasteiger charge is -2.18. The number of carbonyl (C=O) groups excluding carboxylic acids is 1. The van der Waals surface area contributed by atoms with Gasteiger partial charge in [-0.05, 0) is 49.4 Å². The third kappa shape index (κ3) is 3.03. The van der Waals surface area contributed by atoms with Gasteiger partial charge in [-0.25, -0.2) is 4.68 Å². The fourth-order valence-corrected chi connectivity index (χ4v) is 3.65. The van der Waals surface area contributed by atoms with Crippen LogP contribution in [0.2, 0.25) is 0 Å². The molecule has 2 aromatic heterocycles. The van der Waals surface area contributed by atoms with Crippen LogP contribution in [0.15, 0.2) is 42.7 Å². The van der Waals surface area contributed by atoms with Gasteiger partial charge in [-0.15, -0.1) is 0 Å². The number of carbonyl (C=O) groups is 1. The van der Waals surface area contributed by atoms with Crippen molar-refractivity contribution in [3.05, 3.63) is 65.2 Å². The zero-order valence-corrected chi connectivity index (χ0v) is 15.2. The fraction of sp³-hybridized carbons (Fsp3) is 0.350. The number of aryl methyl sites for hydroxylation is 1. The van der Waals surface area contributed by atoms with E-state index in [1.54, 1.807) is 11.1 Å². The first-order valence-corrected chi connectivity index (χ1v) is 9.02. The molecular weight excluding hydrogens is 326 g/mol. The summed E-state index contributed by atoms with van der Waals surface area (Å²) in [6.45, 7) is 0.559. The van der Waals surface area contributed by atoms with Crippen LogP contribution in [0.1, 0.15) is 40.2 Å². The van der Waals surface area contributed by atoms with E-state index >= 15 is 0 Å². The Morgan fingerprint density at radius 3 is 2.69 bits per heavy atom. The van der Waals surface area contributed by atoms with Gasteiger partial charge in [0.1, 0.15) is 0 Å². The average Bonchev–Trinajstić information content (AvgIpc) is 3.31. The van der Waals surface area contributed by atoms with Crippen molar-refractivity contribution in [1.82, 2.24) is 24.5 Å². The molecule has 0 unspecified atom stereocenters. The second kappa shape index (κ2) is 6.78. The van der Waals surface area contributed by atoms with E-state index in [2.05, 4.69) is 10.2 Å². The van der Waals surface area contributed by atoms with Crippen molar-refractivity contribution in [2.45, 2.75) is 32.2 Å². The van der Waals surface area contributed by atoms with Gasteiger partial charge in [-0.2, -0.15) is 10.2 Å². The van der Waals surface area contributed by atoms with Crippen LogP contribution >= 0.6 is 0 Å². The summed E-state index contributed by atoms with van der Waals surface area (Å²) in [6, 6.07) is 10.0. The molecule has 134 valence electrons. The predicted octanol–water partition coefficient (Wildman–Crippen LogP) is 2.76. The maximum Gasteiger partial charge on any atom is 0.274 e. The number of nitrogens with zero attached hydrogens (tertiary/aromatic N) is 5. The van der Waals surface area contributed by atoms with Gasteiger partial charge in [0.05, 0.1) is 5.69 Å². The number of hydrogen-bond donors (Lipinski definition) is 0. The molecule has 0 aliphatic heterocycles. The summed E-state index contributed by atoms with van der Waals surface area (Å²) in [5, 5.41) is 8.75. The average molecular weight is 349 g/mol. The lowest BCUT2D eigenvalue weighted by molar-refractivity contribution is 0.0777. The predicted molar refractivity (Wildman–Crippen MR) is 99.2 cm³/mol. The summed E-state index contributed by atoms with van der Waals surface area (Å²) in [7, 11) is 3.78. The summed E-state index contributed by atoms with van der Waals surface area (Å²) in [5.41, 5.74) is 5.08. The zero-order chi connectivity index (χ0) is 18.1. The van der Waals surface area contributed by atoms with Crippen molar-refractivity contribution >= 4 is 5.91 Å². The third-order valence-corrected chi connectivity index (χ3v) is 5.04. The topological polar surface area (TPSA) is 56.0 Å². The molecular formula is C20H23N5O. The first-order valence-electron chi connectivity index (χ1n) is 9.02. The Hall–Kier alpha value is -2.89. The van der Waals surface area contributed by atoms with Crippen LogP contribution in [0.5, 0.6) is 0 Å². The molecule has 0 N–H and O–H groups in total. The van der Waals surface area contributed by atoms with Crippen LogP contribution in [-0.2, 0) is 26.4 Å². The smallest absolute Gasteiger partial charge is 0.274 e. The van der Waals surface area contributed by atoms with Crippen LogP contribution in [0.25, 0.3) is 5.69 Å². The van der Waals surface area contributed by atoms with Gasteiger partial charge < -0.3 is 4.90 Å². The molecule has 6 nitrogen and oxygen atoms in total. The van der Waals surface area contributed by atoms with Gasteiger partial charge in [0.2, 0.25) is 0 Å². The molecule has 0 spiro atoms. The molecule has 0 saturated carbocycles. The van der Waals surface area contributed by atoms with Gasteiger partial charge in [0, 0.05) is 44.3 Å². The molecule has 0 fully saturated rings. The molecule has 4 rings (SSSR count). The van der Waals surface area contributed by atoms with Crippen LogP contribution in [0, 0.1) is 0 Å². The highest BCUT2D eigenvalue weighted by atomic mass is 16.2. The van der Waals surface area contributed by atoms with Gasteiger partial charge in [-0.3, -0.25) is 9.48 Å². The lowest BCUT2D eigenvalue weighted by Crippen LogP contribution is -2.27. The van der Waals surface area contributed by atoms with Crippen LogP contribution in [0.3, 0.4) is 0 Å². The summed E-state index contributed by atoms with van der Waals surface area (Å²) >= 11 is 0. The van der Waals surface area contributed by atoms with Crippen LogP contribution in [0.4, 0.5) is 0 Å². The summed E-state index contributed by atoms with van der Waals surface area (Å²) in [5.74, 6) is -0.0000900. The van der Waals surface area contributed by atoms with Gasteiger partial charge in [0.15, 0.2) is 5.69 Å². The Bertz CT molecular complexity index is 909. The number of rotatable bonds is 4. The zero-order valence-electron chi connectivity index (χ0n) is 15.2. The number of benzene rings is 1. The first kappa shape index (κ1) is 16.6. The minimum absolute atomic E-state index is 0.0000900. The van der Waals surface area contributed by atoms with Gasteiger partial charge in [-0.1, -0.05) is 12.1 Å². The van der Waals surface area contributed by atoms with E-state index in [0.717, 1.165) is 36.1 Å². The normalized spacial score (nSPS) is 13.5. The van der Waals surface area contributed by atoms with E-state index in [1.807, 2.05) is 60.0 Å². The molecule has 0 atom stereocenters. The number of aromatic nitrogens is 4. The molecule has 0 bridgehead atoms. The Labute approximate surface area is 153 Å². The Morgan fingerprint density at radius 2 is 1.96 bits per heavy atom. The maximum atomic E-state index is 12.9. The largest absolute Gasteiger partial charge is 0.336 e. The highest BCUT2D eigenvalue weighted by Crippen LogP contribution is 2.25. The van der Waals surface area contributed by atoms with Gasteiger partial charge >= 0.3 is 0 Å². The molecule has 1 amide bonds. The summed E-state index contributed by atoms with van der Waals surface area (Å²) < 4.78 is 3.70. The molecule has 1 aliphatic rings. The molecule has 1 aliphatic carbocycles. The Kier molecular flexibility index (Phi) is 4.32. The van der Waals surface area contributed by atoms with Crippen molar-refractivity contribution in [3.8, 4) is 5.69 Å². The quantitative estimate of drug-likeness (QED) is 0.728.